The minimum atomic E-state index is -0.469. The first-order valence-corrected chi connectivity index (χ1v) is 8.44. The monoisotopic (exact) mass is 292 g/mol. The highest BCUT2D eigenvalue weighted by Gasteiger charge is 2.50. The predicted octanol–water partition coefficient (Wildman–Crippen LogP) is 4.07. The van der Waals surface area contributed by atoms with Crippen LogP contribution in [0.15, 0.2) is 12.2 Å². The molecular weight excluding hydrogens is 264 g/mol. The number of hydrogen-bond acceptors (Lipinski definition) is 3. The maximum atomic E-state index is 11.4. The van der Waals surface area contributed by atoms with Gasteiger partial charge < -0.3 is 9.47 Å². The highest BCUT2D eigenvalue weighted by molar-refractivity contribution is 5.86. The number of rotatable bonds is 6. The highest BCUT2D eigenvalue weighted by Crippen LogP contribution is 2.61. The summed E-state index contributed by atoms with van der Waals surface area (Å²) in [5.41, 5.74) is 0.957. The number of ether oxygens (including phenoxy) is 2. The standard InChI is InChI=1S/C18H28O3/c1-12(2)17(19)21-13(3)20-5-4-18-9-14-6-15(10-18)8-16(7-14)11-18/h13-16H,1,4-11H2,2-3H3. The van der Waals surface area contributed by atoms with Gasteiger partial charge in [0.15, 0.2) is 6.29 Å². The second-order valence-corrected chi connectivity index (χ2v) is 7.79. The molecule has 4 bridgehead atoms. The number of carbonyl (C=O) groups excluding carboxylic acids is 1. The van der Waals surface area contributed by atoms with E-state index in [9.17, 15) is 4.79 Å². The Morgan fingerprint density at radius 2 is 1.71 bits per heavy atom. The van der Waals surface area contributed by atoms with Gasteiger partial charge in [0.05, 0.1) is 6.61 Å². The molecule has 4 fully saturated rings. The lowest BCUT2D eigenvalue weighted by molar-refractivity contribution is -0.173. The Labute approximate surface area is 128 Å². The zero-order valence-corrected chi connectivity index (χ0v) is 13.4. The molecule has 0 aromatic heterocycles. The maximum absolute atomic E-state index is 11.4. The summed E-state index contributed by atoms with van der Waals surface area (Å²) < 4.78 is 10.9. The second-order valence-electron chi connectivity index (χ2n) is 7.79. The lowest BCUT2D eigenvalue weighted by atomic mass is 9.49. The van der Waals surface area contributed by atoms with Gasteiger partial charge in [-0.1, -0.05) is 6.58 Å². The number of hydrogen-bond donors (Lipinski definition) is 0. The first-order chi connectivity index (χ1) is 9.96. The van der Waals surface area contributed by atoms with E-state index in [1.54, 1.807) is 13.8 Å². The average molecular weight is 292 g/mol. The summed E-state index contributed by atoms with van der Waals surface area (Å²) in [4.78, 5) is 11.4. The summed E-state index contributed by atoms with van der Waals surface area (Å²) in [5, 5.41) is 0. The van der Waals surface area contributed by atoms with Crippen molar-refractivity contribution in [2.24, 2.45) is 23.2 Å². The quantitative estimate of drug-likeness (QED) is 0.420. The minimum absolute atomic E-state index is 0.364. The van der Waals surface area contributed by atoms with E-state index in [0.29, 0.717) is 17.6 Å². The van der Waals surface area contributed by atoms with Gasteiger partial charge in [-0.05, 0) is 82.0 Å². The first-order valence-electron chi connectivity index (χ1n) is 8.44. The Morgan fingerprint density at radius 1 is 1.19 bits per heavy atom. The second kappa shape index (κ2) is 5.75. The van der Waals surface area contributed by atoms with Crippen LogP contribution in [-0.4, -0.2) is 18.9 Å². The van der Waals surface area contributed by atoms with Gasteiger partial charge in [0.25, 0.3) is 0 Å². The van der Waals surface area contributed by atoms with Gasteiger partial charge in [0.1, 0.15) is 0 Å². The van der Waals surface area contributed by atoms with Crippen molar-refractivity contribution in [3.05, 3.63) is 12.2 Å². The molecule has 0 amide bonds. The van der Waals surface area contributed by atoms with Gasteiger partial charge in [-0.2, -0.15) is 0 Å². The third-order valence-corrected chi connectivity index (χ3v) is 5.77. The molecule has 3 nitrogen and oxygen atoms in total. The van der Waals surface area contributed by atoms with Gasteiger partial charge in [-0.25, -0.2) is 4.79 Å². The van der Waals surface area contributed by atoms with E-state index in [4.69, 9.17) is 9.47 Å². The van der Waals surface area contributed by atoms with Gasteiger partial charge in [-0.3, -0.25) is 0 Å². The van der Waals surface area contributed by atoms with Crippen LogP contribution in [-0.2, 0) is 14.3 Å². The predicted molar refractivity (Wildman–Crippen MR) is 81.5 cm³/mol. The summed E-state index contributed by atoms with van der Waals surface area (Å²) in [6.45, 7) is 7.74. The Hall–Kier alpha value is -0.830. The van der Waals surface area contributed by atoms with E-state index in [0.717, 1.165) is 24.2 Å². The Balaban J connectivity index is 1.45. The molecule has 0 saturated heterocycles. The van der Waals surface area contributed by atoms with Gasteiger partial charge >= 0.3 is 5.97 Å². The molecule has 4 rings (SSSR count). The smallest absolute Gasteiger partial charge is 0.335 e. The largest absolute Gasteiger partial charge is 0.433 e. The van der Waals surface area contributed by atoms with Crippen LogP contribution >= 0.6 is 0 Å². The van der Waals surface area contributed by atoms with Gasteiger partial charge in [0, 0.05) is 5.57 Å². The molecular formula is C18H28O3. The van der Waals surface area contributed by atoms with Crippen LogP contribution in [0.25, 0.3) is 0 Å². The Bertz CT molecular complexity index is 391. The molecule has 1 unspecified atom stereocenters. The molecule has 4 aliphatic rings. The summed E-state index contributed by atoms with van der Waals surface area (Å²) in [5.74, 6) is 2.58. The van der Waals surface area contributed by atoms with E-state index in [1.807, 2.05) is 0 Å². The van der Waals surface area contributed by atoms with Crippen molar-refractivity contribution in [2.45, 2.75) is 65.1 Å². The highest BCUT2D eigenvalue weighted by atomic mass is 16.7. The van der Waals surface area contributed by atoms with E-state index in [2.05, 4.69) is 6.58 Å². The molecule has 0 aromatic carbocycles. The van der Waals surface area contributed by atoms with Crippen LogP contribution < -0.4 is 0 Å². The van der Waals surface area contributed by atoms with Crippen molar-refractivity contribution in [1.82, 2.24) is 0 Å². The average Bonchev–Trinajstić information content (AvgIpc) is 2.36. The van der Waals surface area contributed by atoms with E-state index in [-0.39, 0.29) is 5.97 Å². The normalized spacial score (nSPS) is 38.3. The van der Waals surface area contributed by atoms with Crippen LogP contribution in [0.3, 0.4) is 0 Å². The minimum Gasteiger partial charge on any atom is -0.433 e. The molecule has 118 valence electrons. The Morgan fingerprint density at radius 3 is 2.19 bits per heavy atom. The van der Waals surface area contributed by atoms with E-state index in [1.165, 1.54) is 38.5 Å². The molecule has 0 heterocycles. The van der Waals surface area contributed by atoms with E-state index < -0.39 is 6.29 Å². The summed E-state index contributed by atoms with van der Waals surface area (Å²) in [6, 6.07) is 0. The molecule has 0 aromatic rings. The third kappa shape index (κ3) is 3.33. The first kappa shape index (κ1) is 15.1. The zero-order chi connectivity index (χ0) is 15.0. The molecule has 0 radical (unpaired) electrons. The van der Waals surface area contributed by atoms with Crippen molar-refractivity contribution < 1.29 is 14.3 Å². The molecule has 0 aliphatic heterocycles. The molecule has 4 aliphatic carbocycles. The number of carbonyl (C=O) groups is 1. The van der Waals surface area contributed by atoms with Crippen LogP contribution in [0.1, 0.15) is 58.8 Å². The zero-order valence-electron chi connectivity index (χ0n) is 13.4. The fourth-order valence-electron chi connectivity index (χ4n) is 5.32. The molecule has 0 N–H and O–H groups in total. The van der Waals surface area contributed by atoms with Crippen molar-refractivity contribution in [2.75, 3.05) is 6.61 Å². The third-order valence-electron chi connectivity index (χ3n) is 5.77. The fourth-order valence-corrected chi connectivity index (χ4v) is 5.32. The number of esters is 1. The molecule has 1 atom stereocenters. The molecule has 4 saturated carbocycles. The maximum Gasteiger partial charge on any atom is 0.335 e. The molecule has 3 heteroatoms. The molecule has 0 spiro atoms. The lowest BCUT2D eigenvalue weighted by Crippen LogP contribution is -2.46. The van der Waals surface area contributed by atoms with Crippen molar-refractivity contribution >= 4 is 5.97 Å². The van der Waals surface area contributed by atoms with Crippen LogP contribution in [0, 0.1) is 23.2 Å². The topological polar surface area (TPSA) is 35.5 Å². The summed E-state index contributed by atoms with van der Waals surface area (Å²) in [7, 11) is 0. The lowest BCUT2D eigenvalue weighted by Gasteiger charge is -2.57. The van der Waals surface area contributed by atoms with Gasteiger partial charge in [-0.15, -0.1) is 0 Å². The van der Waals surface area contributed by atoms with Gasteiger partial charge in [0.2, 0.25) is 0 Å². The van der Waals surface area contributed by atoms with Crippen LogP contribution in [0.2, 0.25) is 0 Å². The Kier molecular flexibility index (Phi) is 4.13. The van der Waals surface area contributed by atoms with Crippen molar-refractivity contribution in [3.63, 3.8) is 0 Å². The van der Waals surface area contributed by atoms with Crippen LogP contribution in [0.4, 0.5) is 0 Å². The van der Waals surface area contributed by atoms with Crippen molar-refractivity contribution in [3.8, 4) is 0 Å². The van der Waals surface area contributed by atoms with Crippen LogP contribution in [0.5, 0.6) is 0 Å². The summed E-state index contributed by atoms with van der Waals surface area (Å²) in [6.07, 6.45) is 9.31. The van der Waals surface area contributed by atoms with Crippen molar-refractivity contribution in [1.29, 1.82) is 0 Å². The summed E-state index contributed by atoms with van der Waals surface area (Å²) >= 11 is 0. The molecule has 21 heavy (non-hydrogen) atoms. The SMILES string of the molecule is C=C(C)C(=O)OC(C)OCCC12CC3CC(CC(C3)C1)C2. The van der Waals surface area contributed by atoms with E-state index >= 15 is 0 Å². The fraction of sp³-hybridized carbons (Fsp3) is 0.833.